The van der Waals surface area contributed by atoms with Crippen LogP contribution in [0.4, 0.5) is 34.4 Å². The summed E-state index contributed by atoms with van der Waals surface area (Å²) in [6.07, 6.45) is 0. The summed E-state index contributed by atoms with van der Waals surface area (Å²) in [4.78, 5) is 42.7. The molecular weight excluding hydrogens is 1010 g/mol. The van der Waals surface area contributed by atoms with Crippen LogP contribution in [0.1, 0.15) is 16.7 Å². The third-order valence-corrected chi connectivity index (χ3v) is 15.1. The highest BCUT2D eigenvalue weighted by Gasteiger charge is 2.36. The molecule has 394 valence electrons. The fourth-order valence-electron chi connectivity index (χ4n) is 11.4. The Hall–Kier alpha value is -11.0. The van der Waals surface area contributed by atoms with Crippen LogP contribution < -0.4 is 9.80 Å². The lowest BCUT2D eigenvalue weighted by molar-refractivity contribution is 1.06. The van der Waals surface area contributed by atoms with Crippen molar-refractivity contribution in [2.75, 3.05) is 9.80 Å². The first-order chi connectivity index (χ1) is 40.9. The second kappa shape index (κ2) is 21.6. The Balaban J connectivity index is 1.10. The number of nitrogens with zero attached hydrogens (tertiary/aromatic N) is 9. The molecule has 4 heterocycles. The second-order valence-corrected chi connectivity index (χ2v) is 20.7. The van der Waals surface area contributed by atoms with Crippen molar-refractivity contribution in [3.05, 3.63) is 284 Å². The third kappa shape index (κ3) is 9.66. The summed E-state index contributed by atoms with van der Waals surface area (Å²) in [6, 6.07) is 91.8. The van der Waals surface area contributed by atoms with Crippen LogP contribution in [-0.2, 0) is 0 Å². The molecule has 0 aliphatic carbocycles. The molecular formula is C74H53N9. The van der Waals surface area contributed by atoms with Crippen LogP contribution in [-0.4, -0.2) is 34.9 Å². The van der Waals surface area contributed by atoms with Gasteiger partial charge in [-0.2, -0.15) is 0 Å². The molecule has 0 unspecified atom stereocenters. The van der Waals surface area contributed by atoms with E-state index in [2.05, 4.69) is 164 Å². The normalized spacial score (nSPS) is 11.7. The van der Waals surface area contributed by atoms with E-state index in [0.717, 1.165) is 118 Å². The molecule has 1 aliphatic heterocycles. The lowest BCUT2D eigenvalue weighted by Gasteiger charge is -2.41. The third-order valence-electron chi connectivity index (χ3n) is 15.1. The van der Waals surface area contributed by atoms with Gasteiger partial charge in [0.15, 0.2) is 23.3 Å². The topological polar surface area (TPSA) is 96.7 Å². The SMILES string of the molecule is Cc1cc(C)c(-c2cc(-c3nc(-c4ccccc4)cc(-c4ccccc4)n3)cc(-c3nc(-c4ccccc4)nc(-c4ccccc4)n3)c2N2c3ccccc3N(c3nc(-c4ccccc4)cc(-c4ccccc4)n3)c3ccccc32)c(C)c1. The monoisotopic (exact) mass is 1070 g/mol. The maximum absolute atomic E-state index is 5.55. The molecule has 83 heavy (non-hydrogen) atoms. The summed E-state index contributed by atoms with van der Waals surface area (Å²) in [5.74, 6) is 2.65. The molecule has 0 amide bonds. The molecule has 0 N–H and O–H groups in total. The van der Waals surface area contributed by atoms with Gasteiger partial charge in [-0.05, 0) is 86.0 Å². The smallest absolute Gasteiger partial charge is 0.235 e. The highest BCUT2D eigenvalue weighted by Crippen LogP contribution is 2.58. The molecule has 9 heteroatoms. The van der Waals surface area contributed by atoms with Gasteiger partial charge in [-0.15, -0.1) is 0 Å². The second-order valence-electron chi connectivity index (χ2n) is 20.7. The van der Waals surface area contributed by atoms with Gasteiger partial charge in [0, 0.05) is 50.1 Å². The summed E-state index contributed by atoms with van der Waals surface area (Å²) in [5.41, 5.74) is 20.2. The van der Waals surface area contributed by atoms with Gasteiger partial charge in [0.1, 0.15) is 0 Å². The molecule has 10 aromatic carbocycles. The predicted octanol–water partition coefficient (Wildman–Crippen LogP) is 18.6. The van der Waals surface area contributed by atoms with Crippen molar-refractivity contribution in [1.29, 1.82) is 0 Å². The number of anilines is 6. The molecule has 14 rings (SSSR count). The Morgan fingerprint density at radius 3 is 0.964 bits per heavy atom. The fraction of sp³-hybridized carbons (Fsp3) is 0.0405. The first-order valence-corrected chi connectivity index (χ1v) is 27.8. The van der Waals surface area contributed by atoms with Crippen molar-refractivity contribution in [2.24, 2.45) is 0 Å². The van der Waals surface area contributed by atoms with Crippen LogP contribution in [0.3, 0.4) is 0 Å². The minimum atomic E-state index is 0.476. The van der Waals surface area contributed by atoms with E-state index in [1.54, 1.807) is 0 Å². The van der Waals surface area contributed by atoms with E-state index in [1.807, 2.05) is 133 Å². The summed E-state index contributed by atoms with van der Waals surface area (Å²) in [7, 11) is 0. The molecule has 3 aromatic heterocycles. The zero-order valence-electron chi connectivity index (χ0n) is 45.9. The zero-order valence-corrected chi connectivity index (χ0v) is 45.9. The molecule has 1 aliphatic rings. The van der Waals surface area contributed by atoms with Gasteiger partial charge in [-0.1, -0.05) is 224 Å². The number of para-hydroxylation sites is 4. The summed E-state index contributed by atoms with van der Waals surface area (Å²) in [5, 5.41) is 0. The van der Waals surface area contributed by atoms with E-state index in [-0.39, 0.29) is 0 Å². The van der Waals surface area contributed by atoms with Crippen LogP contribution in [0, 0.1) is 20.8 Å². The van der Waals surface area contributed by atoms with E-state index < -0.39 is 0 Å². The minimum absolute atomic E-state index is 0.476. The Kier molecular flexibility index (Phi) is 13.0. The lowest BCUT2D eigenvalue weighted by Crippen LogP contribution is -2.26. The van der Waals surface area contributed by atoms with Gasteiger partial charge in [0.25, 0.3) is 0 Å². The average Bonchev–Trinajstić information content (AvgIpc) is 1.85. The Bertz CT molecular complexity index is 4280. The van der Waals surface area contributed by atoms with Gasteiger partial charge >= 0.3 is 0 Å². The maximum Gasteiger partial charge on any atom is 0.235 e. The standard InChI is InChI=1S/C74H53N9/c1-48-42-49(2)68(50(3)43-48)58-44-57(72-75-60(51-26-10-4-11-27-51)46-61(76-72)52-28-12-5-13-29-52)45-59(73-80-70(55-34-18-8-19-35-55)79-71(81-73)56-36-20-9-21-37-56)69(58)82-64-38-22-24-40-66(64)83(67-41-25-23-39-65(67)82)74-77-62(53-30-14-6-15-31-53)47-63(78-74)54-32-16-7-17-33-54/h4-47H,1-3H3. The zero-order chi connectivity index (χ0) is 55.8. The van der Waals surface area contributed by atoms with Crippen LogP contribution >= 0.6 is 0 Å². The van der Waals surface area contributed by atoms with Crippen molar-refractivity contribution in [1.82, 2.24) is 34.9 Å². The fourth-order valence-corrected chi connectivity index (χ4v) is 11.4. The van der Waals surface area contributed by atoms with Crippen LogP contribution in [0.15, 0.2) is 267 Å². The van der Waals surface area contributed by atoms with Crippen molar-refractivity contribution in [3.8, 4) is 102 Å². The molecule has 0 atom stereocenters. The van der Waals surface area contributed by atoms with Crippen molar-refractivity contribution >= 4 is 34.4 Å². The number of aryl methyl sites for hydroxylation is 3. The molecule has 0 saturated heterocycles. The first-order valence-electron chi connectivity index (χ1n) is 27.8. The Morgan fingerprint density at radius 1 is 0.253 bits per heavy atom. The highest BCUT2D eigenvalue weighted by molar-refractivity contribution is 6.08. The Morgan fingerprint density at radius 2 is 0.566 bits per heavy atom. The van der Waals surface area contributed by atoms with Crippen molar-refractivity contribution < 1.29 is 0 Å². The Labute approximate surface area is 482 Å². The van der Waals surface area contributed by atoms with E-state index in [4.69, 9.17) is 34.9 Å². The van der Waals surface area contributed by atoms with E-state index in [1.165, 1.54) is 5.56 Å². The van der Waals surface area contributed by atoms with Crippen LogP contribution in [0.2, 0.25) is 0 Å². The van der Waals surface area contributed by atoms with Gasteiger partial charge in [-0.25, -0.2) is 34.9 Å². The van der Waals surface area contributed by atoms with E-state index in [0.29, 0.717) is 29.2 Å². The summed E-state index contributed by atoms with van der Waals surface area (Å²) >= 11 is 0. The van der Waals surface area contributed by atoms with Crippen LogP contribution in [0.5, 0.6) is 0 Å². The number of rotatable bonds is 11. The van der Waals surface area contributed by atoms with Crippen molar-refractivity contribution in [3.63, 3.8) is 0 Å². The number of benzene rings is 10. The molecule has 0 fully saturated rings. The van der Waals surface area contributed by atoms with Crippen LogP contribution in [0.25, 0.3) is 102 Å². The van der Waals surface area contributed by atoms with E-state index >= 15 is 0 Å². The lowest BCUT2D eigenvalue weighted by atomic mass is 9.88. The molecule has 0 radical (unpaired) electrons. The molecule has 0 bridgehead atoms. The number of hydrogen-bond donors (Lipinski definition) is 0. The summed E-state index contributed by atoms with van der Waals surface area (Å²) < 4.78 is 0. The quantitative estimate of drug-likeness (QED) is 0.125. The molecule has 0 saturated carbocycles. The van der Waals surface area contributed by atoms with Crippen molar-refractivity contribution in [2.45, 2.75) is 20.8 Å². The first kappa shape index (κ1) is 50.2. The van der Waals surface area contributed by atoms with E-state index in [9.17, 15) is 0 Å². The van der Waals surface area contributed by atoms with Gasteiger partial charge in [0.05, 0.1) is 51.2 Å². The number of fused-ring (bicyclic) bond motifs is 2. The highest BCUT2D eigenvalue weighted by atomic mass is 15.3. The molecule has 0 spiro atoms. The largest absolute Gasteiger partial charge is 0.305 e. The molecule has 13 aromatic rings. The van der Waals surface area contributed by atoms with Gasteiger partial charge in [-0.3, -0.25) is 4.90 Å². The number of aromatic nitrogens is 7. The predicted molar refractivity (Wildman–Crippen MR) is 337 cm³/mol. The minimum Gasteiger partial charge on any atom is -0.305 e. The maximum atomic E-state index is 5.55. The van der Waals surface area contributed by atoms with Gasteiger partial charge < -0.3 is 4.90 Å². The van der Waals surface area contributed by atoms with Gasteiger partial charge in [0.2, 0.25) is 5.95 Å². The summed E-state index contributed by atoms with van der Waals surface area (Å²) in [6.45, 7) is 6.57. The average molecular weight is 1070 g/mol. The molecule has 9 nitrogen and oxygen atoms in total. The number of hydrogen-bond acceptors (Lipinski definition) is 9.